The smallest absolute Gasteiger partial charge is 0.260 e. The van der Waals surface area contributed by atoms with Gasteiger partial charge in [-0.05, 0) is 42.8 Å². The van der Waals surface area contributed by atoms with E-state index in [1.54, 1.807) is 6.07 Å². The van der Waals surface area contributed by atoms with Crippen LogP contribution in [0.2, 0.25) is 0 Å². The third kappa shape index (κ3) is 3.79. The molecule has 3 aliphatic heterocycles. The van der Waals surface area contributed by atoms with Crippen LogP contribution in [0.1, 0.15) is 36.1 Å². The Morgan fingerprint density at radius 2 is 2.00 bits per heavy atom. The third-order valence-corrected chi connectivity index (χ3v) is 5.98. The first-order valence-electron chi connectivity index (χ1n) is 10.7. The molecule has 0 saturated carbocycles. The van der Waals surface area contributed by atoms with E-state index < -0.39 is 0 Å². The molecule has 2 aromatic rings. The summed E-state index contributed by atoms with van der Waals surface area (Å²) >= 11 is 0. The van der Waals surface area contributed by atoms with Crippen LogP contribution in [-0.2, 0) is 14.3 Å². The maximum Gasteiger partial charge on any atom is 0.260 e. The van der Waals surface area contributed by atoms with Crippen molar-refractivity contribution in [3.05, 3.63) is 58.9 Å². The average molecular weight is 424 g/mol. The van der Waals surface area contributed by atoms with Gasteiger partial charge in [0.25, 0.3) is 5.91 Å². The van der Waals surface area contributed by atoms with Crippen LogP contribution in [0.3, 0.4) is 0 Å². The highest BCUT2D eigenvalue weighted by molar-refractivity contribution is 6.36. The van der Waals surface area contributed by atoms with Crippen LogP contribution in [-0.4, -0.2) is 50.3 Å². The highest BCUT2D eigenvalue weighted by Gasteiger charge is 2.36. The molecule has 3 heterocycles. The van der Waals surface area contributed by atoms with E-state index in [1.165, 1.54) is 12.1 Å². The maximum absolute atomic E-state index is 13.9. The first kappa shape index (κ1) is 20.0. The van der Waals surface area contributed by atoms with Gasteiger partial charge < -0.3 is 19.5 Å². The Labute approximate surface area is 180 Å². The van der Waals surface area contributed by atoms with Crippen LogP contribution in [0.15, 0.2) is 36.4 Å². The van der Waals surface area contributed by atoms with Crippen molar-refractivity contribution in [2.75, 3.05) is 44.8 Å². The molecule has 0 radical (unpaired) electrons. The number of carbonyl (C=O) groups excluding carboxylic acids is 1. The van der Waals surface area contributed by atoms with E-state index in [1.807, 2.05) is 25.1 Å². The predicted molar refractivity (Wildman–Crippen MR) is 115 cm³/mol. The highest BCUT2D eigenvalue weighted by Crippen LogP contribution is 2.47. The van der Waals surface area contributed by atoms with Gasteiger partial charge in [-0.1, -0.05) is 6.92 Å². The Bertz CT molecular complexity index is 1050. The van der Waals surface area contributed by atoms with Gasteiger partial charge in [0.2, 0.25) is 0 Å². The summed E-state index contributed by atoms with van der Waals surface area (Å²) < 4.78 is 31.4. The molecule has 1 unspecified atom stereocenters. The van der Waals surface area contributed by atoms with Crippen molar-refractivity contribution in [3.63, 3.8) is 0 Å². The summed E-state index contributed by atoms with van der Waals surface area (Å²) in [7, 11) is 0. The second-order valence-electron chi connectivity index (χ2n) is 7.91. The van der Waals surface area contributed by atoms with Gasteiger partial charge in [0.1, 0.15) is 30.0 Å². The van der Waals surface area contributed by atoms with Gasteiger partial charge in [-0.3, -0.25) is 9.69 Å². The van der Waals surface area contributed by atoms with Crippen LogP contribution in [0.5, 0.6) is 5.75 Å². The monoisotopic (exact) mass is 424 g/mol. The number of benzene rings is 2. The van der Waals surface area contributed by atoms with Crippen LogP contribution in [0.25, 0.3) is 11.3 Å². The third-order valence-electron chi connectivity index (χ3n) is 5.98. The molecule has 0 spiro atoms. The minimum Gasteiger partial charge on any atom is -0.492 e. The molecule has 162 valence electrons. The molecule has 1 saturated heterocycles. The summed E-state index contributed by atoms with van der Waals surface area (Å²) in [6.45, 7) is 6.89. The van der Waals surface area contributed by atoms with E-state index in [9.17, 15) is 9.18 Å². The van der Waals surface area contributed by atoms with Gasteiger partial charge in [0.15, 0.2) is 0 Å². The van der Waals surface area contributed by atoms with E-state index in [0.29, 0.717) is 29.2 Å². The molecule has 3 aliphatic rings. The van der Waals surface area contributed by atoms with Crippen molar-refractivity contribution in [1.29, 1.82) is 0 Å². The van der Waals surface area contributed by atoms with Crippen molar-refractivity contribution in [3.8, 4) is 5.75 Å². The molecule has 0 aromatic heterocycles. The molecule has 7 heteroatoms. The summed E-state index contributed by atoms with van der Waals surface area (Å²) in [5.74, 6) is 0.623. The summed E-state index contributed by atoms with van der Waals surface area (Å²) in [5.41, 5.74) is 3.37. The molecule has 0 bridgehead atoms. The fraction of sp³-hybridized carbons (Fsp3) is 0.375. The lowest BCUT2D eigenvalue weighted by atomic mass is 9.98. The number of anilines is 1. The summed E-state index contributed by atoms with van der Waals surface area (Å²) in [6.07, 6.45) is 0.573. The minimum absolute atomic E-state index is 0.175. The van der Waals surface area contributed by atoms with E-state index in [2.05, 4.69) is 10.2 Å². The second-order valence-corrected chi connectivity index (χ2v) is 7.91. The van der Waals surface area contributed by atoms with E-state index in [-0.39, 0.29) is 17.8 Å². The maximum atomic E-state index is 13.9. The number of fused-ring (bicyclic) bond motifs is 2. The second kappa shape index (κ2) is 8.32. The van der Waals surface area contributed by atoms with E-state index in [0.717, 1.165) is 56.1 Å². The van der Waals surface area contributed by atoms with Crippen molar-refractivity contribution in [1.82, 2.24) is 4.90 Å². The lowest BCUT2D eigenvalue weighted by Gasteiger charge is -2.26. The Morgan fingerprint density at radius 3 is 2.81 bits per heavy atom. The molecule has 5 rings (SSSR count). The van der Waals surface area contributed by atoms with Crippen molar-refractivity contribution in [2.45, 2.75) is 19.4 Å². The Kier molecular flexibility index (Phi) is 5.38. The van der Waals surface area contributed by atoms with Gasteiger partial charge in [0, 0.05) is 42.0 Å². The number of ether oxygens (including phenoxy) is 3. The van der Waals surface area contributed by atoms with Gasteiger partial charge in [-0.15, -0.1) is 0 Å². The first-order valence-corrected chi connectivity index (χ1v) is 10.7. The molecule has 1 atom stereocenters. The first-order chi connectivity index (χ1) is 15.1. The number of nitrogens with zero attached hydrogens (tertiary/aromatic N) is 1. The topological polar surface area (TPSA) is 60.0 Å². The van der Waals surface area contributed by atoms with Gasteiger partial charge in [-0.25, -0.2) is 4.39 Å². The number of nitrogens with one attached hydrogen (secondary N) is 1. The van der Waals surface area contributed by atoms with E-state index >= 15 is 0 Å². The molecular formula is C24H25FN2O4. The Morgan fingerprint density at radius 1 is 1.16 bits per heavy atom. The molecule has 6 nitrogen and oxygen atoms in total. The van der Waals surface area contributed by atoms with Crippen LogP contribution in [0, 0.1) is 5.82 Å². The largest absolute Gasteiger partial charge is 0.492 e. The normalized spacial score (nSPS) is 22.6. The van der Waals surface area contributed by atoms with Gasteiger partial charge in [0.05, 0.1) is 18.8 Å². The summed E-state index contributed by atoms with van der Waals surface area (Å²) in [6, 6.07) is 10.1. The molecule has 0 aliphatic carbocycles. The lowest BCUT2D eigenvalue weighted by Crippen LogP contribution is -2.38. The zero-order chi connectivity index (χ0) is 21.4. The SMILES string of the molecule is CCC1O/C(=C2/C(=O)Nc3ccc(F)cc32)c2ccc(OCCN3CCOCC3)cc21. The van der Waals surface area contributed by atoms with Crippen LogP contribution < -0.4 is 10.1 Å². The summed E-state index contributed by atoms with van der Waals surface area (Å²) in [4.78, 5) is 15.0. The Balaban J connectivity index is 1.41. The van der Waals surface area contributed by atoms with Crippen LogP contribution in [0.4, 0.5) is 10.1 Å². The van der Waals surface area contributed by atoms with Gasteiger partial charge >= 0.3 is 0 Å². The number of morpholine rings is 1. The summed E-state index contributed by atoms with van der Waals surface area (Å²) in [5, 5.41) is 2.80. The zero-order valence-corrected chi connectivity index (χ0v) is 17.4. The van der Waals surface area contributed by atoms with Crippen LogP contribution >= 0.6 is 0 Å². The number of hydrogen-bond donors (Lipinski definition) is 1. The fourth-order valence-electron chi connectivity index (χ4n) is 4.35. The number of halogens is 1. The zero-order valence-electron chi connectivity index (χ0n) is 17.4. The number of carbonyl (C=O) groups is 1. The Hall–Kier alpha value is -2.90. The molecule has 1 amide bonds. The van der Waals surface area contributed by atoms with Crippen molar-refractivity contribution in [2.24, 2.45) is 0 Å². The fourth-order valence-corrected chi connectivity index (χ4v) is 4.35. The average Bonchev–Trinajstić information content (AvgIpc) is 3.30. The molecule has 1 fully saturated rings. The van der Waals surface area contributed by atoms with Gasteiger partial charge in [-0.2, -0.15) is 0 Å². The molecule has 31 heavy (non-hydrogen) atoms. The number of rotatable bonds is 5. The molecular weight excluding hydrogens is 399 g/mol. The van der Waals surface area contributed by atoms with Crippen molar-refractivity contribution >= 4 is 22.9 Å². The lowest BCUT2D eigenvalue weighted by molar-refractivity contribution is -0.110. The number of amides is 1. The quantitative estimate of drug-likeness (QED) is 0.739. The van der Waals surface area contributed by atoms with E-state index in [4.69, 9.17) is 14.2 Å². The number of hydrogen-bond acceptors (Lipinski definition) is 5. The predicted octanol–water partition coefficient (Wildman–Crippen LogP) is 3.84. The van der Waals surface area contributed by atoms with Crippen molar-refractivity contribution < 1.29 is 23.4 Å². The minimum atomic E-state index is -0.386. The standard InChI is InChI=1S/C24H25FN2O4/c1-2-21-18-14-16(30-12-9-27-7-10-29-11-8-27)4-5-17(18)23(31-21)22-19-13-15(25)3-6-20(19)26-24(22)28/h3-6,13-14,21H,2,7-12H2,1H3,(H,26,28)/b23-22+. The molecule has 1 N–H and O–H groups in total. The molecule has 2 aromatic carbocycles. The highest BCUT2D eigenvalue weighted by atomic mass is 19.1.